The van der Waals surface area contributed by atoms with Gasteiger partial charge in [-0.3, -0.25) is 9.59 Å². The van der Waals surface area contributed by atoms with Crippen molar-refractivity contribution in [3.05, 3.63) is 35.9 Å². The van der Waals surface area contributed by atoms with Crippen molar-refractivity contribution in [2.75, 3.05) is 13.7 Å². The Morgan fingerprint density at radius 1 is 1.33 bits per heavy atom. The molecule has 0 aliphatic carbocycles. The molecule has 1 aromatic rings. The van der Waals surface area contributed by atoms with Gasteiger partial charge in [0.15, 0.2) is 0 Å². The Bertz CT molecular complexity index is 490. The number of methoxy groups -OCH3 is 1. The third-order valence-electron chi connectivity index (χ3n) is 3.96. The molecule has 2 N–H and O–H groups in total. The quantitative estimate of drug-likeness (QED) is 0.855. The highest BCUT2D eigenvalue weighted by Gasteiger charge is 2.31. The lowest BCUT2D eigenvalue weighted by Crippen LogP contribution is -2.48. The van der Waals surface area contributed by atoms with Gasteiger partial charge < -0.3 is 15.4 Å². The molecule has 5 nitrogen and oxygen atoms in total. The normalized spacial score (nSPS) is 19.9. The van der Waals surface area contributed by atoms with Crippen molar-refractivity contribution in [2.45, 2.75) is 37.8 Å². The minimum absolute atomic E-state index is 0.103. The van der Waals surface area contributed by atoms with Gasteiger partial charge in [0, 0.05) is 12.6 Å². The van der Waals surface area contributed by atoms with Crippen LogP contribution in [-0.4, -0.2) is 36.5 Å². The Morgan fingerprint density at radius 3 is 2.71 bits per heavy atom. The SMILES string of the molecule is COC(=O)CC1CCCCN1C(=O)C(N)c1ccccc1. The number of rotatable bonds is 4. The maximum Gasteiger partial charge on any atom is 0.307 e. The standard InChI is InChI=1S/C16H22N2O3/c1-21-14(19)11-13-9-5-6-10-18(13)16(20)15(17)12-7-3-2-4-8-12/h2-4,7-8,13,15H,5-6,9-11,17H2,1H3. The highest BCUT2D eigenvalue weighted by atomic mass is 16.5. The summed E-state index contributed by atoms with van der Waals surface area (Å²) in [7, 11) is 1.37. The first-order valence-electron chi connectivity index (χ1n) is 7.31. The number of carbonyl (C=O) groups is 2. The van der Waals surface area contributed by atoms with Gasteiger partial charge >= 0.3 is 5.97 Å². The monoisotopic (exact) mass is 290 g/mol. The first kappa shape index (κ1) is 15.5. The van der Waals surface area contributed by atoms with Gasteiger partial charge in [-0.15, -0.1) is 0 Å². The van der Waals surface area contributed by atoms with E-state index >= 15 is 0 Å². The molecule has 0 saturated carbocycles. The molecule has 1 amide bonds. The molecule has 1 aliphatic heterocycles. The summed E-state index contributed by atoms with van der Waals surface area (Å²) in [5.41, 5.74) is 6.88. The summed E-state index contributed by atoms with van der Waals surface area (Å²) in [5.74, 6) is -0.400. The van der Waals surface area contributed by atoms with Crippen molar-refractivity contribution in [3.8, 4) is 0 Å². The van der Waals surface area contributed by atoms with E-state index in [4.69, 9.17) is 10.5 Å². The maximum absolute atomic E-state index is 12.6. The van der Waals surface area contributed by atoms with E-state index in [1.807, 2.05) is 30.3 Å². The molecule has 5 heteroatoms. The molecule has 2 rings (SSSR count). The van der Waals surface area contributed by atoms with Crippen LogP contribution in [-0.2, 0) is 14.3 Å². The largest absolute Gasteiger partial charge is 0.469 e. The van der Waals surface area contributed by atoms with Crippen LogP contribution in [0.4, 0.5) is 0 Å². The summed E-state index contributed by atoms with van der Waals surface area (Å²) < 4.78 is 4.72. The average molecular weight is 290 g/mol. The minimum atomic E-state index is -0.676. The molecule has 0 radical (unpaired) electrons. The van der Waals surface area contributed by atoms with Crippen molar-refractivity contribution in [1.29, 1.82) is 0 Å². The zero-order valence-electron chi connectivity index (χ0n) is 12.3. The van der Waals surface area contributed by atoms with E-state index in [0.29, 0.717) is 6.54 Å². The summed E-state index contributed by atoms with van der Waals surface area (Å²) >= 11 is 0. The number of carbonyl (C=O) groups excluding carboxylic acids is 2. The smallest absolute Gasteiger partial charge is 0.307 e. The summed E-state index contributed by atoms with van der Waals surface area (Å²) in [6, 6.07) is 8.54. The number of hydrogen-bond acceptors (Lipinski definition) is 4. The second-order valence-corrected chi connectivity index (χ2v) is 5.35. The third kappa shape index (κ3) is 3.82. The topological polar surface area (TPSA) is 72.6 Å². The summed E-state index contributed by atoms with van der Waals surface area (Å²) in [6.45, 7) is 0.654. The Balaban J connectivity index is 2.09. The number of esters is 1. The van der Waals surface area contributed by atoms with Crippen LogP contribution in [0.25, 0.3) is 0 Å². The van der Waals surface area contributed by atoms with Gasteiger partial charge in [-0.25, -0.2) is 0 Å². The molecule has 1 aliphatic rings. The fourth-order valence-corrected chi connectivity index (χ4v) is 2.76. The van der Waals surface area contributed by atoms with Crippen LogP contribution in [0.2, 0.25) is 0 Å². The predicted molar refractivity (Wildman–Crippen MR) is 79.4 cm³/mol. The Labute approximate surface area is 125 Å². The summed E-state index contributed by atoms with van der Waals surface area (Å²) in [4.78, 5) is 25.9. The highest BCUT2D eigenvalue weighted by molar-refractivity contribution is 5.84. The summed E-state index contributed by atoms with van der Waals surface area (Å²) in [5, 5.41) is 0. The molecule has 2 unspecified atom stereocenters. The second-order valence-electron chi connectivity index (χ2n) is 5.35. The van der Waals surface area contributed by atoms with Crippen LogP contribution in [0.5, 0.6) is 0 Å². The van der Waals surface area contributed by atoms with E-state index in [0.717, 1.165) is 24.8 Å². The molecule has 2 atom stereocenters. The van der Waals surface area contributed by atoms with Crippen molar-refractivity contribution < 1.29 is 14.3 Å². The number of nitrogens with zero attached hydrogens (tertiary/aromatic N) is 1. The van der Waals surface area contributed by atoms with E-state index in [2.05, 4.69) is 0 Å². The maximum atomic E-state index is 12.6. The molecule has 0 bridgehead atoms. The van der Waals surface area contributed by atoms with Crippen LogP contribution in [0, 0.1) is 0 Å². The van der Waals surface area contributed by atoms with E-state index < -0.39 is 6.04 Å². The fourth-order valence-electron chi connectivity index (χ4n) is 2.76. The van der Waals surface area contributed by atoms with Crippen molar-refractivity contribution >= 4 is 11.9 Å². The zero-order chi connectivity index (χ0) is 15.2. The second kappa shape index (κ2) is 7.22. The number of benzene rings is 1. The van der Waals surface area contributed by atoms with Crippen LogP contribution >= 0.6 is 0 Å². The molecule has 114 valence electrons. The number of ether oxygens (including phenoxy) is 1. The number of amides is 1. The van der Waals surface area contributed by atoms with E-state index in [1.54, 1.807) is 4.90 Å². The Morgan fingerprint density at radius 2 is 2.05 bits per heavy atom. The molecular weight excluding hydrogens is 268 g/mol. The first-order chi connectivity index (χ1) is 10.1. The Hall–Kier alpha value is -1.88. The molecule has 1 saturated heterocycles. The first-order valence-corrected chi connectivity index (χ1v) is 7.31. The molecule has 21 heavy (non-hydrogen) atoms. The van der Waals surface area contributed by atoms with Crippen LogP contribution in [0.15, 0.2) is 30.3 Å². The lowest BCUT2D eigenvalue weighted by Gasteiger charge is -2.36. The number of piperidine rings is 1. The minimum Gasteiger partial charge on any atom is -0.469 e. The van der Waals surface area contributed by atoms with Gasteiger partial charge in [-0.05, 0) is 24.8 Å². The zero-order valence-corrected chi connectivity index (χ0v) is 12.3. The van der Waals surface area contributed by atoms with Crippen LogP contribution in [0.3, 0.4) is 0 Å². The van der Waals surface area contributed by atoms with Crippen molar-refractivity contribution in [3.63, 3.8) is 0 Å². The highest BCUT2D eigenvalue weighted by Crippen LogP contribution is 2.23. The average Bonchev–Trinajstić information content (AvgIpc) is 2.54. The van der Waals surface area contributed by atoms with Gasteiger partial charge in [-0.2, -0.15) is 0 Å². The van der Waals surface area contributed by atoms with Gasteiger partial charge in [-0.1, -0.05) is 30.3 Å². The number of hydrogen-bond donors (Lipinski definition) is 1. The van der Waals surface area contributed by atoms with Gasteiger partial charge in [0.25, 0.3) is 0 Å². The Kier molecular flexibility index (Phi) is 5.33. The predicted octanol–water partition coefficient (Wildman–Crippen LogP) is 1.63. The van der Waals surface area contributed by atoms with Crippen molar-refractivity contribution in [2.24, 2.45) is 5.73 Å². The molecular formula is C16H22N2O3. The molecule has 1 aromatic carbocycles. The number of nitrogens with two attached hydrogens (primary N) is 1. The van der Waals surface area contributed by atoms with E-state index in [1.165, 1.54) is 7.11 Å². The lowest BCUT2D eigenvalue weighted by atomic mass is 9.97. The van der Waals surface area contributed by atoms with Gasteiger partial charge in [0.1, 0.15) is 6.04 Å². The fraction of sp³-hybridized carbons (Fsp3) is 0.500. The van der Waals surface area contributed by atoms with Crippen LogP contribution < -0.4 is 5.73 Å². The van der Waals surface area contributed by atoms with Crippen molar-refractivity contribution in [1.82, 2.24) is 4.90 Å². The third-order valence-corrected chi connectivity index (χ3v) is 3.96. The summed E-state index contributed by atoms with van der Waals surface area (Å²) in [6.07, 6.45) is 3.03. The number of likely N-dealkylation sites (tertiary alicyclic amines) is 1. The lowest BCUT2D eigenvalue weighted by molar-refractivity contribution is -0.145. The van der Waals surface area contributed by atoms with Gasteiger partial charge in [0.05, 0.1) is 13.5 Å². The molecule has 1 heterocycles. The van der Waals surface area contributed by atoms with E-state index in [-0.39, 0.29) is 24.3 Å². The molecule has 0 spiro atoms. The van der Waals surface area contributed by atoms with E-state index in [9.17, 15) is 9.59 Å². The molecule has 1 fully saturated rings. The molecule has 0 aromatic heterocycles. The van der Waals surface area contributed by atoms with Gasteiger partial charge in [0.2, 0.25) is 5.91 Å². The van der Waals surface area contributed by atoms with Crippen LogP contribution in [0.1, 0.15) is 37.3 Å².